The monoisotopic (exact) mass is 413 g/mol. The second-order valence-electron chi connectivity index (χ2n) is 6.53. The van der Waals surface area contributed by atoms with Gasteiger partial charge in [-0.2, -0.15) is 0 Å². The van der Waals surface area contributed by atoms with Gasteiger partial charge in [-0.1, -0.05) is 18.2 Å². The minimum Gasteiger partial charge on any atom is -0.481 e. The molecule has 1 aliphatic rings. The van der Waals surface area contributed by atoms with Crippen LogP contribution in [-0.2, 0) is 4.79 Å². The molecule has 0 saturated heterocycles. The van der Waals surface area contributed by atoms with Gasteiger partial charge >= 0.3 is 5.97 Å². The zero-order valence-electron chi connectivity index (χ0n) is 15.4. The van der Waals surface area contributed by atoms with Gasteiger partial charge in [0, 0.05) is 11.6 Å². The number of carboxylic acid groups (broad SMARTS) is 1. The van der Waals surface area contributed by atoms with Crippen LogP contribution in [0.15, 0.2) is 53.3 Å². The van der Waals surface area contributed by atoms with Crippen LogP contribution in [0, 0.1) is 5.82 Å². The normalized spacial score (nSPS) is 13.1. The topological polar surface area (TPSA) is 123 Å². The van der Waals surface area contributed by atoms with E-state index in [-0.39, 0.29) is 18.2 Å². The van der Waals surface area contributed by atoms with Crippen molar-refractivity contribution in [2.75, 3.05) is 6.79 Å². The summed E-state index contributed by atoms with van der Waals surface area (Å²) in [7, 11) is 0. The molecule has 10 heteroatoms. The summed E-state index contributed by atoms with van der Waals surface area (Å²) in [6, 6.07) is 10.4. The van der Waals surface area contributed by atoms with Gasteiger partial charge in [-0.3, -0.25) is 19.5 Å². The molecule has 1 aliphatic heterocycles. The predicted octanol–water partition coefficient (Wildman–Crippen LogP) is 1.98. The molecule has 1 atom stereocenters. The third kappa shape index (κ3) is 3.75. The summed E-state index contributed by atoms with van der Waals surface area (Å²) in [6.45, 7) is -0.0100. The number of nitrogens with one attached hydrogen (secondary N) is 2. The van der Waals surface area contributed by atoms with Gasteiger partial charge in [-0.05, 0) is 24.3 Å². The zero-order valence-corrected chi connectivity index (χ0v) is 15.4. The van der Waals surface area contributed by atoms with Crippen LogP contribution in [0.4, 0.5) is 4.39 Å². The number of nitrogens with zero attached hydrogens (tertiary/aromatic N) is 1. The summed E-state index contributed by atoms with van der Waals surface area (Å²) in [5.41, 5.74) is -0.0255. The first-order valence-electron chi connectivity index (χ1n) is 8.91. The van der Waals surface area contributed by atoms with E-state index >= 15 is 0 Å². The lowest BCUT2D eigenvalue weighted by molar-refractivity contribution is -0.137. The second kappa shape index (κ2) is 7.74. The van der Waals surface area contributed by atoms with Gasteiger partial charge in [-0.25, -0.2) is 9.07 Å². The van der Waals surface area contributed by atoms with Gasteiger partial charge in [-0.15, -0.1) is 0 Å². The fourth-order valence-corrected chi connectivity index (χ4v) is 3.20. The average Bonchev–Trinajstić information content (AvgIpc) is 3.33. The Labute approximate surface area is 168 Å². The Kier molecular flexibility index (Phi) is 4.97. The number of para-hydroxylation sites is 1. The highest BCUT2D eigenvalue weighted by atomic mass is 19.1. The van der Waals surface area contributed by atoms with E-state index in [4.69, 9.17) is 9.47 Å². The van der Waals surface area contributed by atoms with E-state index in [9.17, 15) is 23.9 Å². The number of carbonyl (C=O) groups excluding carboxylic acids is 1. The molecule has 1 unspecified atom stereocenters. The summed E-state index contributed by atoms with van der Waals surface area (Å²) < 4.78 is 25.2. The lowest BCUT2D eigenvalue weighted by atomic mass is 10.0. The van der Waals surface area contributed by atoms with Crippen molar-refractivity contribution in [3.8, 4) is 17.2 Å². The largest absolute Gasteiger partial charge is 0.481 e. The molecule has 0 radical (unpaired) electrons. The molecule has 30 heavy (non-hydrogen) atoms. The number of amides is 1. The summed E-state index contributed by atoms with van der Waals surface area (Å²) in [5, 5.41) is 14.5. The number of aliphatic carboxylic acids is 1. The third-order valence-corrected chi connectivity index (χ3v) is 4.52. The van der Waals surface area contributed by atoms with Gasteiger partial charge in [0.1, 0.15) is 11.5 Å². The third-order valence-electron chi connectivity index (χ3n) is 4.52. The van der Waals surface area contributed by atoms with E-state index < -0.39 is 35.7 Å². The van der Waals surface area contributed by atoms with Crippen LogP contribution in [0.5, 0.6) is 11.5 Å². The van der Waals surface area contributed by atoms with Gasteiger partial charge in [0.2, 0.25) is 6.79 Å². The first kappa shape index (κ1) is 19.2. The van der Waals surface area contributed by atoms with Crippen LogP contribution < -0.4 is 20.3 Å². The standard InChI is InChI=1S/C20H16FN3O6/c21-11-3-1-4-12(7-11)24-17(25)8-15(23-24)20(28)22-14(9-18(26)27)13-5-2-6-16-19(13)30-10-29-16/h1-8,14,23H,9-10H2,(H,22,28)(H,26,27). The molecule has 1 amide bonds. The van der Waals surface area contributed by atoms with Crippen LogP contribution in [0.25, 0.3) is 5.69 Å². The van der Waals surface area contributed by atoms with Crippen molar-refractivity contribution in [3.05, 3.63) is 76.0 Å². The number of carboxylic acids is 1. The molecular formula is C20H16FN3O6. The molecule has 1 aromatic heterocycles. The smallest absolute Gasteiger partial charge is 0.305 e. The minimum atomic E-state index is -1.14. The number of benzene rings is 2. The van der Waals surface area contributed by atoms with E-state index in [1.165, 1.54) is 18.2 Å². The molecule has 2 aromatic carbocycles. The number of H-pyrrole nitrogens is 1. The molecule has 4 rings (SSSR count). The Morgan fingerprint density at radius 2 is 2.00 bits per heavy atom. The maximum atomic E-state index is 13.5. The van der Waals surface area contributed by atoms with Crippen molar-refractivity contribution in [1.29, 1.82) is 0 Å². The number of fused-ring (bicyclic) bond motifs is 1. The van der Waals surface area contributed by atoms with E-state index in [1.807, 2.05) is 0 Å². The molecule has 154 valence electrons. The summed E-state index contributed by atoms with van der Waals surface area (Å²) in [6.07, 6.45) is -0.416. The van der Waals surface area contributed by atoms with Crippen LogP contribution in [0.2, 0.25) is 0 Å². The number of carbonyl (C=O) groups is 2. The number of hydrogen-bond acceptors (Lipinski definition) is 5. The molecular weight excluding hydrogens is 397 g/mol. The Morgan fingerprint density at radius 1 is 1.20 bits per heavy atom. The predicted molar refractivity (Wildman–Crippen MR) is 101 cm³/mol. The Hall–Kier alpha value is -4.08. The molecule has 2 heterocycles. The molecule has 0 fully saturated rings. The van der Waals surface area contributed by atoms with Crippen LogP contribution in [0.1, 0.15) is 28.5 Å². The number of aromatic nitrogens is 2. The highest BCUT2D eigenvalue weighted by Gasteiger charge is 2.27. The maximum Gasteiger partial charge on any atom is 0.305 e. The maximum absolute atomic E-state index is 13.5. The van der Waals surface area contributed by atoms with Gasteiger partial charge in [0.05, 0.1) is 18.2 Å². The first-order chi connectivity index (χ1) is 14.4. The second-order valence-corrected chi connectivity index (χ2v) is 6.53. The van der Waals surface area contributed by atoms with Crippen molar-refractivity contribution in [2.45, 2.75) is 12.5 Å². The molecule has 3 aromatic rings. The van der Waals surface area contributed by atoms with Gasteiger partial charge < -0.3 is 19.9 Å². The van der Waals surface area contributed by atoms with Crippen molar-refractivity contribution in [1.82, 2.24) is 15.1 Å². The number of rotatable bonds is 6. The SMILES string of the molecule is O=C(O)CC(NC(=O)c1cc(=O)n(-c2cccc(F)c2)[nH]1)c1cccc2c1OCO2. The highest BCUT2D eigenvalue weighted by molar-refractivity contribution is 5.92. The number of hydrogen-bond donors (Lipinski definition) is 3. The van der Waals surface area contributed by atoms with Crippen molar-refractivity contribution >= 4 is 11.9 Å². The molecule has 0 saturated carbocycles. The molecule has 9 nitrogen and oxygen atoms in total. The molecule has 0 spiro atoms. The van der Waals surface area contributed by atoms with E-state index in [0.717, 1.165) is 16.8 Å². The van der Waals surface area contributed by atoms with Gasteiger partial charge in [0.15, 0.2) is 11.5 Å². The number of ether oxygens (including phenoxy) is 2. The molecule has 0 aliphatic carbocycles. The van der Waals surface area contributed by atoms with Crippen molar-refractivity contribution in [2.24, 2.45) is 0 Å². The van der Waals surface area contributed by atoms with Crippen molar-refractivity contribution in [3.63, 3.8) is 0 Å². The van der Waals surface area contributed by atoms with Crippen LogP contribution >= 0.6 is 0 Å². The lowest BCUT2D eigenvalue weighted by Crippen LogP contribution is -2.30. The quantitative estimate of drug-likeness (QED) is 0.568. The Bertz CT molecular complexity index is 1190. The van der Waals surface area contributed by atoms with Crippen LogP contribution in [-0.4, -0.2) is 33.6 Å². The Balaban J connectivity index is 1.63. The summed E-state index contributed by atoms with van der Waals surface area (Å²) in [5.74, 6) is -1.58. The van der Waals surface area contributed by atoms with Crippen molar-refractivity contribution < 1.29 is 28.6 Å². The summed E-state index contributed by atoms with van der Waals surface area (Å²) in [4.78, 5) is 36.3. The Morgan fingerprint density at radius 3 is 2.77 bits per heavy atom. The number of aromatic amines is 1. The first-order valence-corrected chi connectivity index (χ1v) is 8.91. The molecule has 3 N–H and O–H groups in total. The van der Waals surface area contributed by atoms with E-state index in [2.05, 4.69) is 10.4 Å². The van der Waals surface area contributed by atoms with E-state index in [1.54, 1.807) is 18.2 Å². The van der Waals surface area contributed by atoms with Crippen LogP contribution in [0.3, 0.4) is 0 Å². The fraction of sp³-hybridized carbons (Fsp3) is 0.150. The lowest BCUT2D eigenvalue weighted by Gasteiger charge is -2.18. The average molecular weight is 413 g/mol. The molecule has 0 bridgehead atoms. The fourth-order valence-electron chi connectivity index (χ4n) is 3.20. The zero-order chi connectivity index (χ0) is 21.3. The summed E-state index contributed by atoms with van der Waals surface area (Å²) >= 11 is 0. The van der Waals surface area contributed by atoms with Gasteiger partial charge in [0.25, 0.3) is 11.5 Å². The van der Waals surface area contributed by atoms with E-state index in [0.29, 0.717) is 17.1 Å². The minimum absolute atomic E-state index is 0.0100. The number of halogens is 1. The highest BCUT2D eigenvalue weighted by Crippen LogP contribution is 2.39.